The second-order valence-corrected chi connectivity index (χ2v) is 17.8. The highest BCUT2D eigenvalue weighted by atomic mass is 31.2. The van der Waals surface area contributed by atoms with Gasteiger partial charge in [0, 0.05) is 19.4 Å². The summed E-state index contributed by atoms with van der Waals surface area (Å²) in [5.74, 6) is -0.819. The zero-order valence-electron chi connectivity index (χ0n) is 37.3. The Labute approximate surface area is 351 Å². The van der Waals surface area contributed by atoms with Gasteiger partial charge in [0.15, 0.2) is 6.10 Å². The maximum atomic E-state index is 12.6. The topological polar surface area (TPSA) is 134 Å². The second kappa shape index (κ2) is 44.3. The van der Waals surface area contributed by atoms with E-state index < -0.39 is 26.5 Å². The van der Waals surface area contributed by atoms with Gasteiger partial charge in [-0.05, 0) is 38.5 Å². The molecule has 2 atom stereocenters. The number of allylic oxidation sites excluding steroid dienone is 2. The summed E-state index contributed by atoms with van der Waals surface area (Å²) in [6, 6.07) is 0. The highest BCUT2D eigenvalue weighted by Crippen LogP contribution is 2.43. The molecule has 57 heavy (non-hydrogen) atoms. The summed E-state index contributed by atoms with van der Waals surface area (Å²) in [6.45, 7) is 3.76. The maximum absolute atomic E-state index is 12.6. The van der Waals surface area contributed by atoms with Gasteiger partial charge in [0.25, 0.3) is 0 Å². The Bertz CT molecular complexity index is 948. The molecule has 0 amide bonds. The number of ether oxygens (including phenoxy) is 2. The van der Waals surface area contributed by atoms with Crippen molar-refractivity contribution in [1.82, 2.24) is 0 Å². The Hall–Kier alpha value is -1.25. The second-order valence-electron chi connectivity index (χ2n) is 16.3. The number of carbonyl (C=O) groups is 2. The minimum Gasteiger partial charge on any atom is -0.462 e. The van der Waals surface area contributed by atoms with Gasteiger partial charge >= 0.3 is 19.8 Å². The standard InChI is InChI=1S/C47H92NO8P/c1-3-5-7-9-11-13-15-17-19-20-21-22-23-24-26-28-30-32-34-36-38-40-47(50)56-45(44-55-57(51,52)54-42-41-48)43-53-46(49)39-37-35-33-31-29-27-25-18-16-14-12-10-8-6-4-2/h14,16,45H,3-13,15,17-44,48H2,1-2H3,(H,51,52)/t45-/m1/s1. The molecule has 0 rings (SSSR count). The van der Waals surface area contributed by atoms with Crippen molar-refractivity contribution < 1.29 is 37.6 Å². The molecule has 0 saturated heterocycles. The molecule has 3 N–H and O–H groups in total. The van der Waals surface area contributed by atoms with Crippen molar-refractivity contribution in [1.29, 1.82) is 0 Å². The van der Waals surface area contributed by atoms with Crippen LogP contribution in [-0.4, -0.2) is 49.3 Å². The van der Waals surface area contributed by atoms with Crippen molar-refractivity contribution in [3.05, 3.63) is 12.2 Å². The molecule has 1 unspecified atom stereocenters. The lowest BCUT2D eigenvalue weighted by atomic mass is 10.0. The molecule has 0 aliphatic rings. The van der Waals surface area contributed by atoms with Gasteiger partial charge in [-0.15, -0.1) is 0 Å². The monoisotopic (exact) mass is 830 g/mol. The number of hydrogen-bond acceptors (Lipinski definition) is 8. The molecule has 0 aliphatic carbocycles. The van der Waals surface area contributed by atoms with Crippen molar-refractivity contribution in [3.8, 4) is 0 Å². The predicted octanol–water partition coefficient (Wildman–Crippen LogP) is 14.2. The number of unbranched alkanes of at least 4 members (excludes halogenated alkanes) is 31. The molecule has 0 aromatic heterocycles. The average molecular weight is 830 g/mol. The Morgan fingerprint density at radius 3 is 1.26 bits per heavy atom. The molecule has 0 fully saturated rings. The van der Waals surface area contributed by atoms with Crippen molar-refractivity contribution in [2.45, 2.75) is 251 Å². The molecule has 0 radical (unpaired) electrons. The van der Waals surface area contributed by atoms with Gasteiger partial charge in [0.05, 0.1) is 13.2 Å². The van der Waals surface area contributed by atoms with Gasteiger partial charge in [-0.1, -0.05) is 206 Å². The highest BCUT2D eigenvalue weighted by Gasteiger charge is 2.26. The molecule has 0 saturated carbocycles. The molecule has 0 heterocycles. The first-order chi connectivity index (χ1) is 27.8. The van der Waals surface area contributed by atoms with Gasteiger partial charge in [0.2, 0.25) is 0 Å². The zero-order chi connectivity index (χ0) is 41.8. The van der Waals surface area contributed by atoms with E-state index in [0.717, 1.165) is 44.9 Å². The van der Waals surface area contributed by atoms with Crippen LogP contribution in [0.3, 0.4) is 0 Å². The third-order valence-corrected chi connectivity index (χ3v) is 11.6. The number of esters is 2. The van der Waals surface area contributed by atoms with Crippen LogP contribution in [0.1, 0.15) is 245 Å². The van der Waals surface area contributed by atoms with Crippen LogP contribution in [0.15, 0.2) is 12.2 Å². The summed E-state index contributed by atoms with van der Waals surface area (Å²) in [6.07, 6.45) is 46.7. The van der Waals surface area contributed by atoms with Crippen LogP contribution < -0.4 is 5.73 Å². The van der Waals surface area contributed by atoms with Crippen LogP contribution in [0.2, 0.25) is 0 Å². The van der Waals surface area contributed by atoms with Crippen LogP contribution in [-0.2, 0) is 32.7 Å². The van der Waals surface area contributed by atoms with Gasteiger partial charge in [-0.2, -0.15) is 0 Å². The van der Waals surface area contributed by atoms with E-state index in [1.165, 1.54) is 167 Å². The van der Waals surface area contributed by atoms with Crippen LogP contribution in [0, 0.1) is 0 Å². The van der Waals surface area contributed by atoms with E-state index in [2.05, 4.69) is 26.0 Å². The number of nitrogens with two attached hydrogens (primary N) is 1. The lowest BCUT2D eigenvalue weighted by Gasteiger charge is -2.19. The minimum absolute atomic E-state index is 0.0559. The average Bonchev–Trinajstić information content (AvgIpc) is 3.20. The molecule has 9 nitrogen and oxygen atoms in total. The van der Waals surface area contributed by atoms with Crippen LogP contribution >= 0.6 is 7.82 Å². The SMILES string of the molecule is CCCCCCC=CCCCCCCCCCC(=O)OC[C@H](COP(=O)(O)OCCN)OC(=O)CCCCCCCCCCCCCCCCCCCCCCC. The van der Waals surface area contributed by atoms with Gasteiger partial charge in [0.1, 0.15) is 6.61 Å². The quantitative estimate of drug-likeness (QED) is 0.0266. The molecule has 0 aromatic carbocycles. The number of hydrogen-bond donors (Lipinski definition) is 2. The molecule has 0 spiro atoms. The predicted molar refractivity (Wildman–Crippen MR) is 238 cm³/mol. The van der Waals surface area contributed by atoms with E-state index in [4.69, 9.17) is 24.3 Å². The molecule has 338 valence electrons. The van der Waals surface area contributed by atoms with Gasteiger partial charge in [-0.25, -0.2) is 4.57 Å². The molecule has 0 aliphatic heterocycles. The number of rotatable bonds is 46. The normalized spacial score (nSPS) is 13.3. The number of phosphoric ester groups is 1. The number of carbonyl (C=O) groups excluding carboxylic acids is 2. The molecule has 10 heteroatoms. The Balaban J connectivity index is 4.03. The summed E-state index contributed by atoms with van der Waals surface area (Å²) >= 11 is 0. The minimum atomic E-state index is -4.37. The third-order valence-electron chi connectivity index (χ3n) is 10.7. The maximum Gasteiger partial charge on any atom is 0.472 e. The lowest BCUT2D eigenvalue weighted by Crippen LogP contribution is -2.29. The molecule has 0 aromatic rings. The summed E-state index contributed by atoms with van der Waals surface area (Å²) in [5.41, 5.74) is 5.36. The third kappa shape index (κ3) is 44.1. The van der Waals surface area contributed by atoms with E-state index in [1.807, 2.05) is 0 Å². The van der Waals surface area contributed by atoms with Crippen LogP contribution in [0.5, 0.6) is 0 Å². The first-order valence-corrected chi connectivity index (χ1v) is 25.7. The van der Waals surface area contributed by atoms with Gasteiger partial charge < -0.3 is 20.1 Å². The van der Waals surface area contributed by atoms with Crippen molar-refractivity contribution >= 4 is 19.8 Å². The summed E-state index contributed by atoms with van der Waals surface area (Å²) in [4.78, 5) is 35.0. The molecule has 0 bridgehead atoms. The molecular formula is C47H92NO8P. The Morgan fingerprint density at radius 2 is 0.860 bits per heavy atom. The fourth-order valence-electron chi connectivity index (χ4n) is 7.04. The first-order valence-electron chi connectivity index (χ1n) is 24.2. The van der Waals surface area contributed by atoms with E-state index >= 15 is 0 Å². The van der Waals surface area contributed by atoms with Crippen molar-refractivity contribution in [3.63, 3.8) is 0 Å². The fraction of sp³-hybridized carbons (Fsp3) is 0.915. The van der Waals surface area contributed by atoms with E-state index in [1.54, 1.807) is 0 Å². The Kier molecular flexibility index (Phi) is 43.3. The lowest BCUT2D eigenvalue weighted by molar-refractivity contribution is -0.161. The largest absolute Gasteiger partial charge is 0.472 e. The summed E-state index contributed by atoms with van der Waals surface area (Å²) in [5, 5.41) is 0. The fourth-order valence-corrected chi connectivity index (χ4v) is 7.81. The molecular weight excluding hydrogens is 737 g/mol. The van der Waals surface area contributed by atoms with Crippen molar-refractivity contribution in [2.24, 2.45) is 5.73 Å². The highest BCUT2D eigenvalue weighted by molar-refractivity contribution is 7.47. The Morgan fingerprint density at radius 1 is 0.509 bits per heavy atom. The summed E-state index contributed by atoms with van der Waals surface area (Å²) < 4.78 is 32.9. The first kappa shape index (κ1) is 55.8. The van der Waals surface area contributed by atoms with Gasteiger partial charge in [-0.3, -0.25) is 18.6 Å². The van der Waals surface area contributed by atoms with E-state index in [-0.39, 0.29) is 38.6 Å². The van der Waals surface area contributed by atoms with Crippen LogP contribution in [0.25, 0.3) is 0 Å². The van der Waals surface area contributed by atoms with E-state index in [0.29, 0.717) is 6.42 Å². The summed E-state index contributed by atoms with van der Waals surface area (Å²) in [7, 11) is -4.37. The van der Waals surface area contributed by atoms with E-state index in [9.17, 15) is 19.0 Å². The smallest absolute Gasteiger partial charge is 0.462 e. The van der Waals surface area contributed by atoms with Crippen molar-refractivity contribution in [2.75, 3.05) is 26.4 Å². The number of phosphoric acid groups is 1. The van der Waals surface area contributed by atoms with Crippen LogP contribution in [0.4, 0.5) is 0 Å². The zero-order valence-corrected chi connectivity index (χ0v) is 38.2.